The molecular formula is C20H26ClN3O7S2. The lowest BCUT2D eigenvalue weighted by molar-refractivity contribution is -0.121. The Morgan fingerprint density at radius 2 is 1.64 bits per heavy atom. The number of benzene rings is 2. The lowest BCUT2D eigenvalue weighted by Crippen LogP contribution is -2.32. The first-order chi connectivity index (χ1) is 15.5. The molecule has 0 radical (unpaired) electrons. The number of nitrogens with zero attached hydrogens (tertiary/aromatic N) is 1. The highest BCUT2D eigenvalue weighted by Gasteiger charge is 2.26. The number of methoxy groups -OCH3 is 2. The van der Waals surface area contributed by atoms with Crippen molar-refractivity contribution in [3.05, 3.63) is 47.5 Å². The van der Waals surface area contributed by atoms with Crippen molar-refractivity contribution in [1.29, 1.82) is 0 Å². The topological polar surface area (TPSA) is 131 Å². The molecule has 2 N–H and O–H groups in total. The third-order valence-electron chi connectivity index (χ3n) is 4.54. The van der Waals surface area contributed by atoms with Gasteiger partial charge in [0.2, 0.25) is 15.9 Å². The number of rotatable bonds is 12. The van der Waals surface area contributed by atoms with Crippen molar-refractivity contribution in [1.82, 2.24) is 10.0 Å². The van der Waals surface area contributed by atoms with Crippen molar-refractivity contribution in [2.75, 3.05) is 45.3 Å². The standard InChI is InChI=1S/C20H26ClN3O7S2/c1-24(33(28,29)16-6-4-15(21)5-7-16)18-14-17(8-9-19(18)31-3)32(26,27)23-11-10-20(25)22-12-13-30-2/h4-9,14,23H,10-13H2,1-3H3,(H,22,25). The van der Waals surface area contributed by atoms with Crippen molar-refractivity contribution in [2.45, 2.75) is 16.2 Å². The van der Waals surface area contributed by atoms with E-state index in [0.29, 0.717) is 18.2 Å². The smallest absolute Gasteiger partial charge is 0.264 e. The third-order valence-corrected chi connectivity index (χ3v) is 8.04. The first-order valence-corrected chi connectivity index (χ1v) is 13.0. The highest BCUT2D eigenvalue weighted by atomic mass is 35.5. The first kappa shape index (κ1) is 26.9. The van der Waals surface area contributed by atoms with Crippen LogP contribution in [0.2, 0.25) is 5.02 Å². The molecule has 0 saturated heterocycles. The zero-order valence-electron chi connectivity index (χ0n) is 18.4. The number of ether oxygens (including phenoxy) is 2. The molecule has 0 heterocycles. The van der Waals surface area contributed by atoms with E-state index in [1.54, 1.807) is 0 Å². The summed E-state index contributed by atoms with van der Waals surface area (Å²) in [5.74, 6) is -0.175. The van der Waals surface area contributed by atoms with Crippen molar-refractivity contribution in [2.24, 2.45) is 0 Å². The second-order valence-corrected chi connectivity index (χ2v) is 10.9. The number of amides is 1. The number of hydrogen-bond donors (Lipinski definition) is 2. The van der Waals surface area contributed by atoms with E-state index in [1.165, 1.54) is 63.7 Å². The molecule has 182 valence electrons. The summed E-state index contributed by atoms with van der Waals surface area (Å²) < 4.78 is 64.8. The van der Waals surface area contributed by atoms with Crippen LogP contribution in [0.3, 0.4) is 0 Å². The summed E-state index contributed by atoms with van der Waals surface area (Å²) in [4.78, 5) is 11.5. The first-order valence-electron chi connectivity index (χ1n) is 9.70. The van der Waals surface area contributed by atoms with Gasteiger partial charge in [-0.25, -0.2) is 21.6 Å². The second-order valence-electron chi connectivity index (χ2n) is 6.75. The molecule has 0 aliphatic heterocycles. The van der Waals surface area contributed by atoms with Crippen LogP contribution in [-0.2, 0) is 29.6 Å². The molecule has 0 unspecified atom stereocenters. The van der Waals surface area contributed by atoms with Crippen molar-refractivity contribution >= 4 is 43.2 Å². The molecule has 0 spiro atoms. The van der Waals surface area contributed by atoms with Gasteiger partial charge in [-0.3, -0.25) is 9.10 Å². The summed E-state index contributed by atoms with van der Waals surface area (Å²) in [5, 5.41) is 2.96. The van der Waals surface area contributed by atoms with Crippen molar-refractivity contribution in [3.63, 3.8) is 0 Å². The Kier molecular flexibility index (Phi) is 9.49. The fourth-order valence-electron chi connectivity index (χ4n) is 2.74. The SMILES string of the molecule is COCCNC(=O)CCNS(=O)(=O)c1ccc(OC)c(N(C)S(=O)(=O)c2ccc(Cl)cc2)c1. The summed E-state index contributed by atoms with van der Waals surface area (Å²) in [6.07, 6.45) is -0.0726. The Bertz CT molecular complexity index is 1170. The Morgan fingerprint density at radius 3 is 2.24 bits per heavy atom. The van der Waals surface area contributed by atoms with Gasteiger partial charge in [-0.15, -0.1) is 0 Å². The molecule has 0 fully saturated rings. The van der Waals surface area contributed by atoms with Crippen LogP contribution in [0.15, 0.2) is 52.3 Å². The molecule has 0 aliphatic rings. The number of anilines is 1. The largest absolute Gasteiger partial charge is 0.495 e. The minimum Gasteiger partial charge on any atom is -0.495 e. The van der Waals surface area contributed by atoms with Gasteiger partial charge in [-0.1, -0.05) is 11.6 Å². The average molecular weight is 520 g/mol. The Balaban J connectivity index is 2.24. The zero-order valence-corrected chi connectivity index (χ0v) is 20.8. The van der Waals surface area contributed by atoms with Crippen LogP contribution in [0, 0.1) is 0 Å². The Labute approximate surface area is 198 Å². The molecule has 2 aromatic carbocycles. The van der Waals surface area contributed by atoms with Gasteiger partial charge < -0.3 is 14.8 Å². The quantitative estimate of drug-likeness (QED) is 0.407. The van der Waals surface area contributed by atoms with Gasteiger partial charge in [0, 0.05) is 38.7 Å². The summed E-state index contributed by atoms with van der Waals surface area (Å²) in [5.41, 5.74) is 0.0210. The molecule has 33 heavy (non-hydrogen) atoms. The van der Waals surface area contributed by atoms with Crippen molar-refractivity contribution < 1.29 is 31.1 Å². The predicted octanol–water partition coefficient (Wildman–Crippen LogP) is 1.60. The van der Waals surface area contributed by atoms with Gasteiger partial charge in [0.25, 0.3) is 10.0 Å². The molecule has 1 amide bonds. The fraction of sp³-hybridized carbons (Fsp3) is 0.350. The van der Waals surface area contributed by atoms with Gasteiger partial charge in [-0.2, -0.15) is 0 Å². The number of halogens is 1. The lowest BCUT2D eigenvalue weighted by Gasteiger charge is -2.22. The zero-order chi connectivity index (χ0) is 24.6. The average Bonchev–Trinajstić information content (AvgIpc) is 2.78. The molecule has 2 rings (SSSR count). The number of nitrogens with one attached hydrogen (secondary N) is 2. The van der Waals surface area contributed by atoms with Crippen LogP contribution in [-0.4, -0.2) is 63.7 Å². The minimum atomic E-state index is -4.03. The Hall–Kier alpha value is -2.38. The second kappa shape index (κ2) is 11.7. The van der Waals surface area contributed by atoms with E-state index in [-0.39, 0.29) is 40.1 Å². The van der Waals surface area contributed by atoms with Crippen LogP contribution >= 0.6 is 11.6 Å². The van der Waals surface area contributed by atoms with Crippen LogP contribution in [0.4, 0.5) is 5.69 Å². The summed E-state index contributed by atoms with van der Waals surface area (Å²) >= 11 is 5.84. The molecule has 0 bridgehead atoms. The van der Waals surface area contributed by atoms with Gasteiger partial charge >= 0.3 is 0 Å². The highest BCUT2D eigenvalue weighted by Crippen LogP contribution is 2.33. The maximum absolute atomic E-state index is 13.0. The van der Waals surface area contributed by atoms with E-state index in [9.17, 15) is 21.6 Å². The molecule has 0 aliphatic carbocycles. The number of carbonyl (C=O) groups is 1. The number of hydrogen-bond acceptors (Lipinski definition) is 7. The van der Waals surface area contributed by atoms with Crippen LogP contribution in [0.5, 0.6) is 5.75 Å². The van der Waals surface area contributed by atoms with E-state index < -0.39 is 20.0 Å². The molecule has 0 aromatic heterocycles. The molecule has 10 nitrogen and oxygen atoms in total. The van der Waals surface area contributed by atoms with E-state index in [4.69, 9.17) is 21.1 Å². The summed E-state index contributed by atoms with van der Waals surface area (Å²) in [6.45, 7) is 0.526. The molecule has 0 saturated carbocycles. The maximum atomic E-state index is 13.0. The monoisotopic (exact) mass is 519 g/mol. The van der Waals surface area contributed by atoms with E-state index in [2.05, 4.69) is 10.0 Å². The predicted molar refractivity (Wildman–Crippen MR) is 125 cm³/mol. The van der Waals surface area contributed by atoms with Gasteiger partial charge in [-0.05, 0) is 42.5 Å². The van der Waals surface area contributed by atoms with Gasteiger partial charge in [0.1, 0.15) is 5.75 Å². The molecule has 13 heteroatoms. The van der Waals surface area contributed by atoms with E-state index in [1.807, 2.05) is 0 Å². The van der Waals surface area contributed by atoms with Crippen LogP contribution < -0.4 is 19.1 Å². The number of carbonyl (C=O) groups excluding carboxylic acids is 1. The number of sulfonamides is 2. The summed E-state index contributed by atoms with van der Waals surface area (Å²) in [7, 11) is -3.92. The fourth-order valence-corrected chi connectivity index (χ4v) is 5.12. The van der Waals surface area contributed by atoms with Crippen molar-refractivity contribution in [3.8, 4) is 5.75 Å². The maximum Gasteiger partial charge on any atom is 0.264 e. The van der Waals surface area contributed by atoms with E-state index in [0.717, 1.165) is 4.31 Å². The summed E-state index contributed by atoms with van der Waals surface area (Å²) in [6, 6.07) is 9.40. The normalized spacial score (nSPS) is 11.8. The third kappa shape index (κ3) is 7.05. The molecular weight excluding hydrogens is 494 g/mol. The minimum absolute atomic E-state index is 0.0210. The highest BCUT2D eigenvalue weighted by molar-refractivity contribution is 7.92. The molecule has 0 atom stereocenters. The van der Waals surface area contributed by atoms with Gasteiger partial charge in [0.15, 0.2) is 0 Å². The van der Waals surface area contributed by atoms with Crippen LogP contribution in [0.25, 0.3) is 0 Å². The van der Waals surface area contributed by atoms with E-state index >= 15 is 0 Å². The Morgan fingerprint density at radius 1 is 1.00 bits per heavy atom. The van der Waals surface area contributed by atoms with Crippen LogP contribution in [0.1, 0.15) is 6.42 Å². The van der Waals surface area contributed by atoms with Gasteiger partial charge in [0.05, 0.1) is 29.2 Å². The molecule has 2 aromatic rings. The lowest BCUT2D eigenvalue weighted by atomic mass is 10.3.